The standard InChI is InChI=1S/C10H15NOS/c1-4-11(8(2)3)9-5-10(6-12)13-7-9/h5-8H,4H2,1-3H3. The fraction of sp³-hybridized carbons (Fsp3) is 0.500. The molecule has 1 rings (SSSR count). The Kier molecular flexibility index (Phi) is 3.48. The largest absolute Gasteiger partial charge is 0.369 e. The summed E-state index contributed by atoms with van der Waals surface area (Å²) in [7, 11) is 0. The Balaban J connectivity index is 2.85. The molecule has 0 aliphatic carbocycles. The second-order valence-corrected chi connectivity index (χ2v) is 4.15. The SMILES string of the molecule is CCN(c1csc(C=O)c1)C(C)C. The van der Waals surface area contributed by atoms with Crippen molar-refractivity contribution in [2.24, 2.45) is 0 Å². The van der Waals surface area contributed by atoms with Gasteiger partial charge in [0.15, 0.2) is 6.29 Å². The van der Waals surface area contributed by atoms with Gasteiger partial charge >= 0.3 is 0 Å². The van der Waals surface area contributed by atoms with Crippen LogP contribution in [0.4, 0.5) is 5.69 Å². The molecule has 0 aliphatic heterocycles. The van der Waals surface area contributed by atoms with E-state index >= 15 is 0 Å². The first-order chi connectivity index (χ1) is 6.19. The number of nitrogens with zero attached hydrogens (tertiary/aromatic N) is 1. The van der Waals surface area contributed by atoms with Crippen LogP contribution in [0.15, 0.2) is 11.4 Å². The van der Waals surface area contributed by atoms with Gasteiger partial charge in [0, 0.05) is 23.7 Å². The first kappa shape index (κ1) is 10.3. The molecule has 3 heteroatoms. The topological polar surface area (TPSA) is 20.3 Å². The van der Waals surface area contributed by atoms with E-state index in [1.54, 1.807) is 0 Å². The third-order valence-electron chi connectivity index (χ3n) is 2.02. The number of thiophene rings is 1. The molecule has 0 aliphatic rings. The first-order valence-corrected chi connectivity index (χ1v) is 5.37. The lowest BCUT2D eigenvalue weighted by Gasteiger charge is -2.25. The van der Waals surface area contributed by atoms with Crippen molar-refractivity contribution in [1.82, 2.24) is 0 Å². The number of hydrogen-bond acceptors (Lipinski definition) is 3. The van der Waals surface area contributed by atoms with Crippen molar-refractivity contribution in [3.63, 3.8) is 0 Å². The van der Waals surface area contributed by atoms with Crippen molar-refractivity contribution in [3.05, 3.63) is 16.3 Å². The Morgan fingerprint density at radius 3 is 2.69 bits per heavy atom. The van der Waals surface area contributed by atoms with Crippen LogP contribution in [0.25, 0.3) is 0 Å². The van der Waals surface area contributed by atoms with E-state index in [0.29, 0.717) is 6.04 Å². The normalized spacial score (nSPS) is 10.5. The molecule has 0 saturated carbocycles. The van der Waals surface area contributed by atoms with E-state index in [-0.39, 0.29) is 0 Å². The molecular formula is C10H15NOS. The van der Waals surface area contributed by atoms with Gasteiger partial charge < -0.3 is 4.90 Å². The summed E-state index contributed by atoms with van der Waals surface area (Å²) in [5.74, 6) is 0. The van der Waals surface area contributed by atoms with Crippen LogP contribution in [-0.4, -0.2) is 18.9 Å². The minimum absolute atomic E-state index is 0.485. The highest BCUT2D eigenvalue weighted by Crippen LogP contribution is 2.23. The molecule has 0 radical (unpaired) electrons. The lowest BCUT2D eigenvalue weighted by molar-refractivity contribution is 0.112. The van der Waals surface area contributed by atoms with Crippen molar-refractivity contribution in [3.8, 4) is 0 Å². The zero-order chi connectivity index (χ0) is 9.84. The lowest BCUT2D eigenvalue weighted by atomic mass is 10.3. The Morgan fingerprint density at radius 1 is 1.62 bits per heavy atom. The van der Waals surface area contributed by atoms with Crippen LogP contribution in [-0.2, 0) is 0 Å². The maximum atomic E-state index is 10.5. The molecule has 1 heterocycles. The van der Waals surface area contributed by atoms with E-state index < -0.39 is 0 Å². The van der Waals surface area contributed by atoms with E-state index in [2.05, 4.69) is 25.7 Å². The highest BCUT2D eigenvalue weighted by molar-refractivity contribution is 7.12. The van der Waals surface area contributed by atoms with Crippen LogP contribution >= 0.6 is 11.3 Å². The van der Waals surface area contributed by atoms with E-state index in [0.717, 1.165) is 23.4 Å². The zero-order valence-corrected chi connectivity index (χ0v) is 9.10. The van der Waals surface area contributed by atoms with Gasteiger partial charge in [0.1, 0.15) is 0 Å². The third kappa shape index (κ3) is 2.31. The van der Waals surface area contributed by atoms with Crippen molar-refractivity contribution >= 4 is 23.3 Å². The zero-order valence-electron chi connectivity index (χ0n) is 8.28. The number of aldehydes is 1. The minimum atomic E-state index is 0.485. The molecule has 0 atom stereocenters. The van der Waals surface area contributed by atoms with E-state index in [1.807, 2.05) is 11.4 Å². The lowest BCUT2D eigenvalue weighted by Crippen LogP contribution is -2.29. The number of hydrogen-bond donors (Lipinski definition) is 0. The van der Waals surface area contributed by atoms with Gasteiger partial charge in [-0.25, -0.2) is 0 Å². The Morgan fingerprint density at radius 2 is 2.31 bits per heavy atom. The molecule has 0 spiro atoms. The van der Waals surface area contributed by atoms with Crippen LogP contribution in [0, 0.1) is 0 Å². The van der Waals surface area contributed by atoms with Gasteiger partial charge in [-0.3, -0.25) is 4.79 Å². The monoisotopic (exact) mass is 197 g/mol. The highest BCUT2D eigenvalue weighted by Gasteiger charge is 2.09. The number of carbonyl (C=O) groups is 1. The molecule has 0 bridgehead atoms. The fourth-order valence-electron chi connectivity index (χ4n) is 1.40. The van der Waals surface area contributed by atoms with Gasteiger partial charge in [-0.1, -0.05) is 0 Å². The average molecular weight is 197 g/mol. The van der Waals surface area contributed by atoms with Crippen LogP contribution in [0.3, 0.4) is 0 Å². The molecule has 72 valence electrons. The summed E-state index contributed by atoms with van der Waals surface area (Å²) in [6, 6.07) is 2.43. The number of anilines is 1. The molecule has 13 heavy (non-hydrogen) atoms. The average Bonchev–Trinajstić information content (AvgIpc) is 2.53. The summed E-state index contributed by atoms with van der Waals surface area (Å²) < 4.78 is 0. The molecular weight excluding hydrogens is 182 g/mol. The van der Waals surface area contributed by atoms with Gasteiger partial charge in [0.2, 0.25) is 0 Å². The number of carbonyl (C=O) groups excluding carboxylic acids is 1. The summed E-state index contributed by atoms with van der Waals surface area (Å²) in [5, 5.41) is 2.03. The van der Waals surface area contributed by atoms with Crippen molar-refractivity contribution in [2.45, 2.75) is 26.8 Å². The maximum Gasteiger partial charge on any atom is 0.160 e. The number of rotatable bonds is 4. The molecule has 2 nitrogen and oxygen atoms in total. The van der Waals surface area contributed by atoms with Crippen LogP contribution < -0.4 is 4.90 Å². The molecule has 0 saturated heterocycles. The summed E-state index contributed by atoms with van der Waals surface area (Å²) in [4.78, 5) is 13.6. The first-order valence-electron chi connectivity index (χ1n) is 4.49. The smallest absolute Gasteiger partial charge is 0.160 e. The van der Waals surface area contributed by atoms with Crippen molar-refractivity contribution in [2.75, 3.05) is 11.4 Å². The quantitative estimate of drug-likeness (QED) is 0.692. The summed E-state index contributed by atoms with van der Waals surface area (Å²) in [6.07, 6.45) is 0.905. The Bertz CT molecular complexity index is 280. The van der Waals surface area contributed by atoms with Crippen molar-refractivity contribution < 1.29 is 4.79 Å². The molecule has 0 N–H and O–H groups in total. The van der Waals surface area contributed by atoms with Crippen LogP contribution in [0.1, 0.15) is 30.4 Å². The second kappa shape index (κ2) is 4.42. The predicted molar refractivity (Wildman–Crippen MR) is 57.9 cm³/mol. The van der Waals surface area contributed by atoms with Gasteiger partial charge in [0.05, 0.1) is 4.88 Å². The Labute approximate surface area is 83.2 Å². The highest BCUT2D eigenvalue weighted by atomic mass is 32.1. The van der Waals surface area contributed by atoms with Gasteiger partial charge in [-0.15, -0.1) is 11.3 Å². The van der Waals surface area contributed by atoms with Crippen molar-refractivity contribution in [1.29, 1.82) is 0 Å². The third-order valence-corrected chi connectivity index (χ3v) is 2.86. The predicted octanol–water partition coefficient (Wildman–Crippen LogP) is 2.80. The van der Waals surface area contributed by atoms with Crippen LogP contribution in [0.2, 0.25) is 0 Å². The minimum Gasteiger partial charge on any atom is -0.369 e. The van der Waals surface area contributed by atoms with Crippen LogP contribution in [0.5, 0.6) is 0 Å². The molecule has 0 amide bonds. The van der Waals surface area contributed by atoms with E-state index in [9.17, 15) is 4.79 Å². The fourth-order valence-corrected chi connectivity index (χ4v) is 2.11. The van der Waals surface area contributed by atoms with Gasteiger partial charge in [-0.05, 0) is 26.8 Å². The van der Waals surface area contributed by atoms with Gasteiger partial charge in [0.25, 0.3) is 0 Å². The molecule has 1 aromatic rings. The molecule has 0 unspecified atom stereocenters. The van der Waals surface area contributed by atoms with Gasteiger partial charge in [-0.2, -0.15) is 0 Å². The summed E-state index contributed by atoms with van der Waals surface area (Å²) in [5.41, 5.74) is 1.16. The van der Waals surface area contributed by atoms with E-state index in [1.165, 1.54) is 11.3 Å². The molecule has 0 aromatic carbocycles. The molecule has 0 fully saturated rings. The maximum absolute atomic E-state index is 10.5. The summed E-state index contributed by atoms with van der Waals surface area (Å²) >= 11 is 1.50. The summed E-state index contributed by atoms with van der Waals surface area (Å²) in [6.45, 7) is 7.41. The Hall–Kier alpha value is -0.830. The van der Waals surface area contributed by atoms with E-state index in [4.69, 9.17) is 0 Å². The second-order valence-electron chi connectivity index (χ2n) is 3.20. The molecule has 1 aromatic heterocycles.